The molecule has 1 aromatic carbocycles. The van der Waals surface area contributed by atoms with E-state index in [4.69, 9.17) is 11.6 Å². The molecule has 0 bridgehead atoms. The van der Waals surface area contributed by atoms with Crippen LogP contribution in [0.1, 0.15) is 5.56 Å². The van der Waals surface area contributed by atoms with Crippen LogP contribution in [-0.2, 0) is 0 Å². The first kappa shape index (κ1) is 9.81. The highest BCUT2D eigenvalue weighted by molar-refractivity contribution is 9.10. The lowest BCUT2D eigenvalue weighted by Gasteiger charge is -2.08. The van der Waals surface area contributed by atoms with Gasteiger partial charge in [0.15, 0.2) is 0 Å². The fraction of sp³-hybridized carbons (Fsp3) is 0.0909. The van der Waals surface area contributed by atoms with Crippen LogP contribution in [0.2, 0.25) is 5.02 Å². The molecule has 14 heavy (non-hydrogen) atoms. The van der Waals surface area contributed by atoms with Crippen molar-refractivity contribution in [1.82, 2.24) is 4.57 Å². The van der Waals surface area contributed by atoms with Crippen molar-refractivity contribution in [2.24, 2.45) is 0 Å². The first-order valence-electron chi connectivity index (χ1n) is 4.27. The molecule has 0 radical (unpaired) electrons. The molecule has 1 nitrogen and oxygen atoms in total. The molecule has 0 aliphatic heterocycles. The predicted octanol–water partition coefficient (Wildman–Crippen LogP) is 4.20. The van der Waals surface area contributed by atoms with Gasteiger partial charge in [-0.05, 0) is 52.7 Å². The molecule has 1 aromatic heterocycles. The molecular weight excluding hydrogens is 261 g/mol. The Kier molecular flexibility index (Phi) is 2.66. The van der Waals surface area contributed by atoms with Gasteiger partial charge in [-0.1, -0.05) is 11.6 Å². The lowest BCUT2D eigenvalue weighted by molar-refractivity contribution is 1.07. The minimum atomic E-state index is 0.789. The van der Waals surface area contributed by atoms with Crippen LogP contribution in [-0.4, -0.2) is 4.57 Å². The number of hydrogen-bond donors (Lipinski definition) is 0. The van der Waals surface area contributed by atoms with Gasteiger partial charge in [-0.2, -0.15) is 0 Å². The summed E-state index contributed by atoms with van der Waals surface area (Å²) >= 11 is 9.59. The number of aryl methyl sites for hydroxylation is 1. The minimum absolute atomic E-state index is 0.789. The fourth-order valence-corrected chi connectivity index (χ4v) is 2.15. The van der Waals surface area contributed by atoms with Gasteiger partial charge in [0.2, 0.25) is 0 Å². The smallest absolute Gasteiger partial charge is 0.0606 e. The topological polar surface area (TPSA) is 4.93 Å². The maximum Gasteiger partial charge on any atom is 0.0606 e. The zero-order valence-electron chi connectivity index (χ0n) is 7.67. The Morgan fingerprint density at radius 3 is 2.50 bits per heavy atom. The molecule has 2 aromatic rings. The Morgan fingerprint density at radius 1 is 1.21 bits per heavy atom. The van der Waals surface area contributed by atoms with Gasteiger partial charge in [-0.15, -0.1) is 0 Å². The van der Waals surface area contributed by atoms with Crippen LogP contribution in [0.25, 0.3) is 5.69 Å². The third-order valence-electron chi connectivity index (χ3n) is 2.11. The van der Waals surface area contributed by atoms with Gasteiger partial charge in [0, 0.05) is 21.9 Å². The Labute approximate surface area is 96.4 Å². The number of rotatable bonds is 1. The first-order chi connectivity index (χ1) is 6.68. The molecule has 0 spiro atoms. The summed E-state index contributed by atoms with van der Waals surface area (Å²) in [5, 5.41) is 0.789. The van der Waals surface area contributed by atoms with Crippen LogP contribution >= 0.6 is 27.5 Å². The third kappa shape index (κ3) is 1.72. The van der Waals surface area contributed by atoms with Crippen molar-refractivity contribution >= 4 is 27.5 Å². The van der Waals surface area contributed by atoms with Gasteiger partial charge in [0.25, 0.3) is 0 Å². The Bertz CT molecular complexity index is 449. The van der Waals surface area contributed by atoms with E-state index in [-0.39, 0.29) is 0 Å². The molecule has 0 unspecified atom stereocenters. The van der Waals surface area contributed by atoms with Gasteiger partial charge in [0.05, 0.1) is 5.69 Å². The predicted molar refractivity (Wildman–Crippen MR) is 63.2 cm³/mol. The summed E-state index contributed by atoms with van der Waals surface area (Å²) < 4.78 is 3.07. The van der Waals surface area contributed by atoms with Crippen molar-refractivity contribution in [2.75, 3.05) is 0 Å². The average Bonchev–Trinajstić information content (AvgIpc) is 2.64. The summed E-state index contributed by atoms with van der Waals surface area (Å²) in [7, 11) is 0. The molecule has 0 saturated heterocycles. The summed E-state index contributed by atoms with van der Waals surface area (Å²) in [5.74, 6) is 0. The van der Waals surface area contributed by atoms with Crippen molar-refractivity contribution in [3.63, 3.8) is 0 Å². The van der Waals surface area contributed by atoms with E-state index in [0.29, 0.717) is 0 Å². The maximum atomic E-state index is 6.07. The highest BCUT2D eigenvalue weighted by atomic mass is 79.9. The van der Waals surface area contributed by atoms with Crippen LogP contribution in [0.5, 0.6) is 0 Å². The number of hydrogen-bond acceptors (Lipinski definition) is 0. The van der Waals surface area contributed by atoms with E-state index in [1.54, 1.807) is 0 Å². The van der Waals surface area contributed by atoms with Gasteiger partial charge in [-0.3, -0.25) is 0 Å². The molecule has 0 N–H and O–H groups in total. The molecule has 0 fully saturated rings. The lowest BCUT2D eigenvalue weighted by Crippen LogP contribution is -1.92. The van der Waals surface area contributed by atoms with Crippen LogP contribution < -0.4 is 0 Å². The number of nitrogens with zero attached hydrogens (tertiary/aromatic N) is 1. The van der Waals surface area contributed by atoms with Crippen molar-refractivity contribution in [3.8, 4) is 5.69 Å². The molecule has 72 valence electrons. The fourth-order valence-electron chi connectivity index (χ4n) is 1.33. The number of halogens is 2. The van der Waals surface area contributed by atoms with Crippen molar-refractivity contribution in [1.29, 1.82) is 0 Å². The molecular formula is C11H9BrClN. The molecule has 3 heteroatoms. The SMILES string of the molecule is Cc1cc(Br)c(-n2cccc2)cc1Cl. The summed E-state index contributed by atoms with van der Waals surface area (Å²) in [5.41, 5.74) is 2.14. The van der Waals surface area contributed by atoms with E-state index in [0.717, 1.165) is 20.7 Å². The largest absolute Gasteiger partial charge is 0.323 e. The molecule has 0 atom stereocenters. The Morgan fingerprint density at radius 2 is 1.86 bits per heavy atom. The Hall–Kier alpha value is -0.730. The van der Waals surface area contributed by atoms with Crippen LogP contribution in [0.4, 0.5) is 0 Å². The van der Waals surface area contributed by atoms with Crippen molar-refractivity contribution in [2.45, 2.75) is 6.92 Å². The summed E-state index contributed by atoms with van der Waals surface area (Å²) in [4.78, 5) is 0. The number of benzene rings is 1. The monoisotopic (exact) mass is 269 g/mol. The van der Waals surface area contributed by atoms with Gasteiger partial charge < -0.3 is 4.57 Å². The normalized spacial score (nSPS) is 10.5. The molecule has 2 rings (SSSR count). The zero-order valence-corrected chi connectivity index (χ0v) is 10.0. The van der Waals surface area contributed by atoms with E-state index >= 15 is 0 Å². The Balaban J connectivity index is 2.60. The second-order valence-corrected chi connectivity index (χ2v) is 4.40. The number of aromatic nitrogens is 1. The van der Waals surface area contributed by atoms with Crippen molar-refractivity contribution < 1.29 is 0 Å². The molecule has 0 amide bonds. The third-order valence-corrected chi connectivity index (χ3v) is 3.15. The van der Waals surface area contributed by atoms with E-state index in [9.17, 15) is 0 Å². The molecule has 0 aliphatic carbocycles. The molecule has 0 aliphatic rings. The summed E-state index contributed by atoms with van der Waals surface area (Å²) in [6.07, 6.45) is 3.98. The van der Waals surface area contributed by atoms with E-state index < -0.39 is 0 Å². The average molecular weight is 271 g/mol. The quantitative estimate of drug-likeness (QED) is 0.732. The summed E-state index contributed by atoms with van der Waals surface area (Å²) in [6, 6.07) is 7.96. The van der Waals surface area contributed by atoms with E-state index in [1.165, 1.54) is 0 Å². The van der Waals surface area contributed by atoms with Crippen LogP contribution in [0, 0.1) is 6.92 Å². The highest BCUT2D eigenvalue weighted by Gasteiger charge is 2.04. The standard InChI is InChI=1S/C11H9BrClN/c1-8-6-9(12)11(7-10(8)13)14-4-2-3-5-14/h2-7H,1H3. The van der Waals surface area contributed by atoms with E-state index in [1.807, 2.05) is 48.1 Å². The second-order valence-electron chi connectivity index (χ2n) is 3.14. The maximum absolute atomic E-state index is 6.07. The lowest BCUT2D eigenvalue weighted by atomic mass is 10.2. The van der Waals surface area contributed by atoms with Crippen molar-refractivity contribution in [3.05, 3.63) is 51.7 Å². The van der Waals surface area contributed by atoms with Crippen LogP contribution in [0.15, 0.2) is 41.1 Å². The van der Waals surface area contributed by atoms with Gasteiger partial charge in [-0.25, -0.2) is 0 Å². The van der Waals surface area contributed by atoms with Gasteiger partial charge in [0.1, 0.15) is 0 Å². The first-order valence-corrected chi connectivity index (χ1v) is 5.44. The molecule has 1 heterocycles. The van der Waals surface area contributed by atoms with Gasteiger partial charge >= 0.3 is 0 Å². The highest BCUT2D eigenvalue weighted by Crippen LogP contribution is 2.27. The summed E-state index contributed by atoms with van der Waals surface area (Å²) in [6.45, 7) is 1.99. The molecule has 0 saturated carbocycles. The van der Waals surface area contributed by atoms with E-state index in [2.05, 4.69) is 15.9 Å². The minimum Gasteiger partial charge on any atom is -0.323 e. The second kappa shape index (κ2) is 3.79. The van der Waals surface area contributed by atoms with Crippen LogP contribution in [0.3, 0.4) is 0 Å². The zero-order chi connectivity index (χ0) is 10.1.